The van der Waals surface area contributed by atoms with Crippen molar-refractivity contribution in [2.24, 2.45) is 0 Å². The van der Waals surface area contributed by atoms with Gasteiger partial charge in [-0.15, -0.1) is 0 Å². The molecule has 1 aromatic carbocycles. The summed E-state index contributed by atoms with van der Waals surface area (Å²) >= 11 is 0. The van der Waals surface area contributed by atoms with E-state index in [-0.39, 0.29) is 24.7 Å². The van der Waals surface area contributed by atoms with E-state index in [1.54, 1.807) is 13.2 Å². The average molecular weight is 346 g/mol. The molecule has 3 rings (SSSR count). The molecule has 0 atom stereocenters. The highest BCUT2D eigenvalue weighted by molar-refractivity contribution is 5.75. The van der Waals surface area contributed by atoms with Crippen molar-refractivity contribution in [1.29, 1.82) is 0 Å². The van der Waals surface area contributed by atoms with E-state index in [2.05, 4.69) is 15.0 Å². The number of hydrogen-bond donors (Lipinski definition) is 1. The van der Waals surface area contributed by atoms with Crippen molar-refractivity contribution in [3.8, 4) is 6.01 Å². The lowest BCUT2D eigenvalue weighted by Gasteiger charge is -2.06. The van der Waals surface area contributed by atoms with Crippen LogP contribution < -0.4 is 10.4 Å². The molecular weight excluding hydrogens is 331 g/mol. The van der Waals surface area contributed by atoms with Gasteiger partial charge in [-0.05, 0) is 17.7 Å². The average Bonchev–Trinajstić information content (AvgIpc) is 2.91. The first-order chi connectivity index (χ1) is 12.1. The molecule has 2 aromatic heterocycles. The monoisotopic (exact) mass is 346 g/mol. The zero-order chi connectivity index (χ0) is 17.8. The van der Waals surface area contributed by atoms with Crippen LogP contribution >= 0.6 is 0 Å². The summed E-state index contributed by atoms with van der Waals surface area (Å²) < 4.78 is 25.3. The number of hydrogen-bond acceptors (Lipinski definition) is 6. The largest absolute Gasteiger partial charge is 0.461 e. The highest BCUT2D eigenvalue weighted by Gasteiger charge is 2.12. The molecule has 1 N–H and O–H groups in total. The standard InChI is InChI=1S/C16H15FN4O4/c1-24-4-5-25-15-18-7-13-14(20-15)21(16(23)19-13)8-10-2-3-11(9-22)12(17)6-10/h2-3,6-7,9H,4-5,8H2,1H3,(H,19,23). The normalized spacial score (nSPS) is 11.0. The van der Waals surface area contributed by atoms with Gasteiger partial charge in [0.05, 0.1) is 24.9 Å². The predicted molar refractivity (Wildman–Crippen MR) is 86.4 cm³/mol. The number of benzene rings is 1. The van der Waals surface area contributed by atoms with Gasteiger partial charge in [0.2, 0.25) is 0 Å². The fraction of sp³-hybridized carbons (Fsp3) is 0.250. The number of aromatic amines is 1. The first-order valence-electron chi connectivity index (χ1n) is 7.43. The Morgan fingerprint density at radius 1 is 1.36 bits per heavy atom. The minimum absolute atomic E-state index is 0.0359. The second-order valence-corrected chi connectivity index (χ2v) is 5.22. The summed E-state index contributed by atoms with van der Waals surface area (Å²) in [6.07, 6.45) is 1.88. The number of carbonyl (C=O) groups is 1. The molecule has 2 heterocycles. The van der Waals surface area contributed by atoms with Crippen LogP contribution in [0.3, 0.4) is 0 Å². The third-order valence-electron chi connectivity index (χ3n) is 3.54. The number of aromatic nitrogens is 4. The molecule has 0 unspecified atom stereocenters. The van der Waals surface area contributed by atoms with Gasteiger partial charge >= 0.3 is 11.7 Å². The molecule has 0 bridgehead atoms. The van der Waals surface area contributed by atoms with Gasteiger partial charge in [-0.1, -0.05) is 6.07 Å². The fourth-order valence-electron chi connectivity index (χ4n) is 2.31. The lowest BCUT2D eigenvalue weighted by atomic mass is 10.1. The maximum atomic E-state index is 13.7. The summed E-state index contributed by atoms with van der Waals surface area (Å²) in [6, 6.07) is 4.27. The van der Waals surface area contributed by atoms with Crippen molar-refractivity contribution < 1.29 is 18.7 Å². The minimum Gasteiger partial charge on any atom is -0.461 e. The van der Waals surface area contributed by atoms with Crippen molar-refractivity contribution in [2.45, 2.75) is 6.54 Å². The molecule has 130 valence electrons. The minimum atomic E-state index is -0.640. The molecule has 0 aliphatic heterocycles. The van der Waals surface area contributed by atoms with E-state index in [0.29, 0.717) is 29.6 Å². The summed E-state index contributed by atoms with van der Waals surface area (Å²) in [5.41, 5.74) is 0.859. The molecule has 9 heteroatoms. The number of ether oxygens (including phenoxy) is 2. The number of imidazole rings is 1. The molecule has 0 aliphatic rings. The van der Waals surface area contributed by atoms with Crippen LogP contribution in [0, 0.1) is 5.82 Å². The molecule has 25 heavy (non-hydrogen) atoms. The van der Waals surface area contributed by atoms with E-state index in [0.717, 1.165) is 0 Å². The van der Waals surface area contributed by atoms with Gasteiger partial charge in [0.1, 0.15) is 17.9 Å². The maximum absolute atomic E-state index is 13.7. The van der Waals surface area contributed by atoms with Crippen molar-refractivity contribution in [1.82, 2.24) is 19.5 Å². The van der Waals surface area contributed by atoms with Crippen LogP contribution in [0.4, 0.5) is 4.39 Å². The predicted octanol–water partition coefficient (Wildman–Crippen LogP) is 1.14. The van der Waals surface area contributed by atoms with Gasteiger partial charge in [-0.2, -0.15) is 4.98 Å². The Balaban J connectivity index is 1.93. The number of aldehydes is 1. The van der Waals surface area contributed by atoms with Crippen LogP contribution in [0.5, 0.6) is 6.01 Å². The van der Waals surface area contributed by atoms with Gasteiger partial charge in [0.25, 0.3) is 0 Å². The topological polar surface area (TPSA) is 99.1 Å². The highest BCUT2D eigenvalue weighted by atomic mass is 19.1. The Kier molecular flexibility index (Phi) is 4.85. The number of fused-ring (bicyclic) bond motifs is 1. The van der Waals surface area contributed by atoms with Gasteiger partial charge in [-0.3, -0.25) is 9.36 Å². The van der Waals surface area contributed by atoms with Gasteiger partial charge < -0.3 is 14.5 Å². The number of nitrogens with one attached hydrogen (secondary N) is 1. The first-order valence-corrected chi connectivity index (χ1v) is 7.43. The quantitative estimate of drug-likeness (QED) is 0.509. The Hall–Kier alpha value is -3.07. The molecule has 0 spiro atoms. The Morgan fingerprint density at radius 3 is 2.92 bits per heavy atom. The number of methoxy groups -OCH3 is 1. The van der Waals surface area contributed by atoms with Crippen LogP contribution in [0.25, 0.3) is 11.2 Å². The molecule has 0 fully saturated rings. The number of H-pyrrole nitrogens is 1. The Morgan fingerprint density at radius 2 is 2.20 bits per heavy atom. The summed E-state index contributed by atoms with van der Waals surface area (Å²) in [5, 5.41) is 0. The van der Waals surface area contributed by atoms with E-state index < -0.39 is 11.5 Å². The molecule has 0 amide bonds. The number of carbonyl (C=O) groups excluding carboxylic acids is 1. The van der Waals surface area contributed by atoms with Gasteiger partial charge in [0, 0.05) is 7.11 Å². The van der Waals surface area contributed by atoms with Crippen LogP contribution in [0.2, 0.25) is 0 Å². The van der Waals surface area contributed by atoms with Crippen molar-refractivity contribution >= 4 is 17.5 Å². The van der Waals surface area contributed by atoms with Crippen molar-refractivity contribution in [3.63, 3.8) is 0 Å². The van der Waals surface area contributed by atoms with E-state index in [9.17, 15) is 14.0 Å². The number of nitrogens with zero attached hydrogens (tertiary/aromatic N) is 3. The zero-order valence-electron chi connectivity index (χ0n) is 13.4. The number of rotatable bonds is 7. The van der Waals surface area contributed by atoms with E-state index >= 15 is 0 Å². The summed E-state index contributed by atoms with van der Waals surface area (Å²) in [4.78, 5) is 33.7. The Labute approximate surface area is 141 Å². The second kappa shape index (κ2) is 7.22. The van der Waals surface area contributed by atoms with Gasteiger partial charge in [-0.25, -0.2) is 14.2 Å². The molecule has 3 aromatic rings. The fourth-order valence-corrected chi connectivity index (χ4v) is 2.31. The molecule has 0 radical (unpaired) electrons. The van der Waals surface area contributed by atoms with E-state index in [1.165, 1.54) is 22.9 Å². The van der Waals surface area contributed by atoms with Crippen LogP contribution in [-0.2, 0) is 11.3 Å². The lowest BCUT2D eigenvalue weighted by molar-refractivity contribution is 0.112. The van der Waals surface area contributed by atoms with E-state index in [4.69, 9.17) is 9.47 Å². The molecular formula is C16H15FN4O4. The summed E-state index contributed by atoms with van der Waals surface area (Å²) in [5.74, 6) is -0.640. The van der Waals surface area contributed by atoms with Crippen LogP contribution in [0.15, 0.2) is 29.2 Å². The SMILES string of the molecule is COCCOc1ncc2[nH]c(=O)n(Cc3ccc(C=O)c(F)c3)c2n1. The van der Waals surface area contributed by atoms with Crippen LogP contribution in [0.1, 0.15) is 15.9 Å². The smallest absolute Gasteiger partial charge is 0.328 e. The molecule has 0 saturated heterocycles. The van der Waals surface area contributed by atoms with Crippen LogP contribution in [-0.4, -0.2) is 46.1 Å². The van der Waals surface area contributed by atoms with Crippen molar-refractivity contribution in [2.75, 3.05) is 20.3 Å². The summed E-state index contributed by atoms with van der Waals surface area (Å²) in [7, 11) is 1.55. The highest BCUT2D eigenvalue weighted by Crippen LogP contribution is 2.14. The number of halogens is 1. The maximum Gasteiger partial charge on any atom is 0.328 e. The third kappa shape index (κ3) is 3.56. The first kappa shape index (κ1) is 16.8. The molecule has 0 saturated carbocycles. The summed E-state index contributed by atoms with van der Waals surface area (Å²) in [6.45, 7) is 0.738. The molecule has 8 nitrogen and oxygen atoms in total. The lowest BCUT2D eigenvalue weighted by Crippen LogP contribution is -2.18. The Bertz CT molecular complexity index is 966. The molecule has 0 aliphatic carbocycles. The second-order valence-electron chi connectivity index (χ2n) is 5.22. The zero-order valence-corrected chi connectivity index (χ0v) is 13.4. The third-order valence-corrected chi connectivity index (χ3v) is 3.54. The van der Waals surface area contributed by atoms with Gasteiger partial charge in [0.15, 0.2) is 11.9 Å². The van der Waals surface area contributed by atoms with E-state index in [1.807, 2.05) is 0 Å². The van der Waals surface area contributed by atoms with Crippen molar-refractivity contribution in [3.05, 3.63) is 51.8 Å².